The maximum atomic E-state index is 12.7. The number of non-ortho nitro benzene ring substituents is 1. The molecule has 1 fully saturated rings. The molecule has 23 heavy (non-hydrogen) atoms. The average molecular weight is 341 g/mol. The van der Waals surface area contributed by atoms with Crippen molar-refractivity contribution < 1.29 is 13.3 Å². The summed E-state index contributed by atoms with van der Waals surface area (Å²) >= 11 is 0. The lowest BCUT2D eigenvalue weighted by Crippen LogP contribution is -2.47. The number of rotatable bonds is 5. The average Bonchev–Trinajstić information content (AvgIpc) is 2.54. The molecule has 2 rings (SSSR count). The molecule has 0 N–H and O–H groups in total. The molecular weight excluding hydrogens is 318 g/mol. The molecule has 8 heteroatoms. The number of benzene rings is 1. The third-order valence-corrected chi connectivity index (χ3v) is 6.37. The molecule has 0 bridgehead atoms. The lowest BCUT2D eigenvalue weighted by atomic mass is 10.0. The number of nitrogens with zero attached hydrogens (tertiary/aromatic N) is 3. The van der Waals surface area contributed by atoms with E-state index < -0.39 is 14.9 Å². The van der Waals surface area contributed by atoms with E-state index >= 15 is 0 Å². The Labute approximate surface area is 137 Å². The lowest BCUT2D eigenvalue weighted by molar-refractivity contribution is -0.385. The zero-order valence-corrected chi connectivity index (χ0v) is 14.5. The van der Waals surface area contributed by atoms with Crippen LogP contribution in [0.2, 0.25) is 0 Å². The highest BCUT2D eigenvalue weighted by Gasteiger charge is 2.31. The van der Waals surface area contributed by atoms with E-state index in [0.717, 1.165) is 18.9 Å². The highest BCUT2D eigenvalue weighted by atomic mass is 32.2. The van der Waals surface area contributed by atoms with Gasteiger partial charge in [0.05, 0.1) is 9.82 Å². The van der Waals surface area contributed by atoms with Crippen molar-refractivity contribution in [3.05, 3.63) is 34.4 Å². The van der Waals surface area contributed by atoms with E-state index in [1.54, 1.807) is 0 Å². The molecule has 1 aliphatic rings. The first kappa shape index (κ1) is 17.8. The molecule has 0 saturated carbocycles. The minimum absolute atomic E-state index is 0.0117. The quantitative estimate of drug-likeness (QED) is 0.605. The van der Waals surface area contributed by atoms with Crippen molar-refractivity contribution in [3.63, 3.8) is 0 Å². The zero-order valence-electron chi connectivity index (χ0n) is 13.7. The van der Waals surface area contributed by atoms with Gasteiger partial charge in [0.2, 0.25) is 10.0 Å². The summed E-state index contributed by atoms with van der Waals surface area (Å²) < 4.78 is 26.8. The van der Waals surface area contributed by atoms with Gasteiger partial charge in [-0.15, -0.1) is 0 Å². The molecule has 128 valence electrons. The molecule has 0 unspecified atom stereocenters. The van der Waals surface area contributed by atoms with Gasteiger partial charge in [-0.1, -0.05) is 6.07 Å². The van der Waals surface area contributed by atoms with E-state index in [4.69, 9.17) is 0 Å². The van der Waals surface area contributed by atoms with Gasteiger partial charge in [-0.05, 0) is 39.8 Å². The molecular formula is C15H23N3O4S. The van der Waals surface area contributed by atoms with Crippen LogP contribution in [0.1, 0.15) is 26.7 Å². The monoisotopic (exact) mass is 341 g/mol. The highest BCUT2D eigenvalue weighted by molar-refractivity contribution is 7.89. The largest absolute Gasteiger partial charge is 0.301 e. The number of hydrogen-bond donors (Lipinski definition) is 0. The predicted octanol–water partition coefficient (Wildman–Crippen LogP) is 2.09. The first-order valence-electron chi connectivity index (χ1n) is 7.70. The topological polar surface area (TPSA) is 83.8 Å². The fraction of sp³-hybridized carbons (Fsp3) is 0.600. The van der Waals surface area contributed by atoms with Gasteiger partial charge >= 0.3 is 0 Å². The van der Waals surface area contributed by atoms with E-state index in [-0.39, 0.29) is 10.6 Å². The maximum Gasteiger partial charge on any atom is 0.270 e. The molecule has 0 aromatic heterocycles. The molecule has 1 aromatic rings. The maximum absolute atomic E-state index is 12.7. The summed E-state index contributed by atoms with van der Waals surface area (Å²) in [6, 6.07) is 6.02. The SMILES string of the molecule is CC(C)N(C)C1CCN(S(=O)(=O)c2cccc([N+](=O)[O-])c2)CC1. The zero-order chi connectivity index (χ0) is 17.2. The molecule has 1 heterocycles. The molecule has 1 aromatic carbocycles. The predicted molar refractivity (Wildman–Crippen MR) is 87.8 cm³/mol. The molecule has 1 saturated heterocycles. The van der Waals surface area contributed by atoms with Crippen molar-refractivity contribution in [1.82, 2.24) is 9.21 Å². The second-order valence-electron chi connectivity index (χ2n) is 6.15. The molecule has 1 aliphatic heterocycles. The number of nitro groups is 1. The molecule has 0 radical (unpaired) electrons. The van der Waals surface area contributed by atoms with Crippen molar-refractivity contribution in [2.45, 2.75) is 43.7 Å². The van der Waals surface area contributed by atoms with Crippen LogP contribution in [0.25, 0.3) is 0 Å². The Kier molecular flexibility index (Phi) is 5.38. The van der Waals surface area contributed by atoms with Crippen LogP contribution < -0.4 is 0 Å². The summed E-state index contributed by atoms with van der Waals surface area (Å²) in [7, 11) is -1.62. The second kappa shape index (κ2) is 6.94. The van der Waals surface area contributed by atoms with Crippen molar-refractivity contribution in [2.24, 2.45) is 0 Å². The summed E-state index contributed by atoms with van der Waals surface area (Å²) in [4.78, 5) is 12.5. The Bertz CT molecular complexity index is 667. The van der Waals surface area contributed by atoms with E-state index in [1.165, 1.54) is 22.5 Å². The summed E-state index contributed by atoms with van der Waals surface area (Å²) in [5.74, 6) is 0. The van der Waals surface area contributed by atoms with Crippen molar-refractivity contribution in [2.75, 3.05) is 20.1 Å². The standard InChI is InChI=1S/C15H23N3O4S/c1-12(2)16(3)13-7-9-17(10-8-13)23(21,22)15-6-4-5-14(11-15)18(19)20/h4-6,11-13H,7-10H2,1-3H3. The smallest absolute Gasteiger partial charge is 0.270 e. The third-order valence-electron chi connectivity index (χ3n) is 4.48. The first-order valence-corrected chi connectivity index (χ1v) is 9.14. The minimum Gasteiger partial charge on any atom is -0.301 e. The van der Waals surface area contributed by atoms with Crippen molar-refractivity contribution >= 4 is 15.7 Å². The number of piperidine rings is 1. The normalized spacial score (nSPS) is 17.8. The number of nitro benzene ring substituents is 1. The Morgan fingerprint density at radius 3 is 2.43 bits per heavy atom. The van der Waals surface area contributed by atoms with Crippen LogP contribution >= 0.6 is 0 Å². The molecule has 0 atom stereocenters. The van der Waals surface area contributed by atoms with Crippen LogP contribution in [-0.4, -0.2) is 54.8 Å². The summed E-state index contributed by atoms with van der Waals surface area (Å²) in [5.41, 5.74) is -0.208. The van der Waals surface area contributed by atoms with Gasteiger partial charge in [-0.25, -0.2) is 8.42 Å². The van der Waals surface area contributed by atoms with E-state index in [9.17, 15) is 18.5 Å². The van der Waals surface area contributed by atoms with Gasteiger partial charge in [0, 0.05) is 37.3 Å². The molecule has 0 spiro atoms. The van der Waals surface area contributed by atoms with Crippen molar-refractivity contribution in [1.29, 1.82) is 0 Å². The summed E-state index contributed by atoms with van der Waals surface area (Å²) in [6.45, 7) is 5.11. The number of sulfonamides is 1. The van der Waals surface area contributed by atoms with E-state index in [0.29, 0.717) is 25.2 Å². The minimum atomic E-state index is -3.68. The van der Waals surface area contributed by atoms with Gasteiger partial charge < -0.3 is 4.90 Å². The van der Waals surface area contributed by atoms with Crippen LogP contribution in [0.5, 0.6) is 0 Å². The summed E-state index contributed by atoms with van der Waals surface area (Å²) in [6.07, 6.45) is 1.53. The fourth-order valence-corrected chi connectivity index (χ4v) is 4.33. The lowest BCUT2D eigenvalue weighted by Gasteiger charge is -2.37. The van der Waals surface area contributed by atoms with Crippen LogP contribution in [0.15, 0.2) is 29.2 Å². The Balaban J connectivity index is 2.13. The first-order chi connectivity index (χ1) is 10.7. The molecule has 0 aliphatic carbocycles. The fourth-order valence-electron chi connectivity index (χ4n) is 2.82. The van der Waals surface area contributed by atoms with Gasteiger partial charge in [0.15, 0.2) is 0 Å². The number of hydrogen-bond acceptors (Lipinski definition) is 5. The van der Waals surface area contributed by atoms with E-state index in [2.05, 4.69) is 25.8 Å². The van der Waals surface area contributed by atoms with Gasteiger partial charge in [-0.3, -0.25) is 10.1 Å². The van der Waals surface area contributed by atoms with E-state index in [1.807, 2.05) is 0 Å². The molecule has 0 amide bonds. The van der Waals surface area contributed by atoms with Gasteiger partial charge in [0.1, 0.15) is 0 Å². The second-order valence-corrected chi connectivity index (χ2v) is 8.09. The van der Waals surface area contributed by atoms with Gasteiger partial charge in [-0.2, -0.15) is 4.31 Å². The van der Waals surface area contributed by atoms with Crippen LogP contribution in [0.4, 0.5) is 5.69 Å². The molecule has 7 nitrogen and oxygen atoms in total. The highest BCUT2D eigenvalue weighted by Crippen LogP contribution is 2.25. The van der Waals surface area contributed by atoms with Crippen molar-refractivity contribution in [3.8, 4) is 0 Å². The third kappa shape index (κ3) is 3.88. The Morgan fingerprint density at radius 1 is 1.30 bits per heavy atom. The Hall–Kier alpha value is -1.51. The van der Waals surface area contributed by atoms with Crippen LogP contribution in [0.3, 0.4) is 0 Å². The van der Waals surface area contributed by atoms with Crippen LogP contribution in [0, 0.1) is 10.1 Å². The Morgan fingerprint density at radius 2 is 1.91 bits per heavy atom. The van der Waals surface area contributed by atoms with Gasteiger partial charge in [0.25, 0.3) is 5.69 Å². The van der Waals surface area contributed by atoms with Crippen LogP contribution in [-0.2, 0) is 10.0 Å². The summed E-state index contributed by atoms with van der Waals surface area (Å²) in [5, 5.41) is 10.8.